The molecule has 0 radical (unpaired) electrons. The lowest BCUT2D eigenvalue weighted by Crippen LogP contribution is -2.42. The van der Waals surface area contributed by atoms with Gasteiger partial charge in [0.25, 0.3) is 5.91 Å². The van der Waals surface area contributed by atoms with Crippen molar-refractivity contribution in [3.63, 3.8) is 0 Å². The first-order chi connectivity index (χ1) is 14.3. The summed E-state index contributed by atoms with van der Waals surface area (Å²) < 4.78 is 32.5. The highest BCUT2D eigenvalue weighted by molar-refractivity contribution is 7.89. The lowest BCUT2D eigenvalue weighted by atomic mass is 10.1. The largest absolute Gasteiger partial charge is 0.480 e. The summed E-state index contributed by atoms with van der Waals surface area (Å²) in [6.45, 7) is 2.79. The van der Waals surface area contributed by atoms with Crippen LogP contribution in [0.2, 0.25) is 0 Å². The van der Waals surface area contributed by atoms with Gasteiger partial charge in [-0.15, -0.1) is 0 Å². The molecular weight excluding hydrogens is 408 g/mol. The zero-order valence-electron chi connectivity index (χ0n) is 16.6. The Bertz CT molecular complexity index is 1020. The van der Waals surface area contributed by atoms with Crippen molar-refractivity contribution in [2.45, 2.75) is 24.3 Å². The Hall–Kier alpha value is -2.75. The first-order valence-corrected chi connectivity index (χ1v) is 11.0. The second-order valence-corrected chi connectivity index (χ2v) is 8.96. The average molecular weight is 432 g/mol. The molecule has 0 saturated carbocycles. The van der Waals surface area contributed by atoms with E-state index >= 15 is 0 Å². The number of aryl methyl sites for hydroxylation is 1. The van der Waals surface area contributed by atoms with Crippen LogP contribution in [0, 0.1) is 6.92 Å². The van der Waals surface area contributed by atoms with Crippen molar-refractivity contribution in [3.8, 4) is 0 Å². The molecule has 0 unspecified atom stereocenters. The Kier molecular flexibility index (Phi) is 6.86. The number of rotatable bonds is 7. The topological polar surface area (TPSA) is 113 Å². The van der Waals surface area contributed by atoms with Gasteiger partial charge in [0.05, 0.1) is 18.1 Å². The van der Waals surface area contributed by atoms with E-state index in [1.165, 1.54) is 16.4 Å². The smallest absolute Gasteiger partial charge is 0.326 e. The molecule has 1 atom stereocenters. The van der Waals surface area contributed by atoms with Crippen LogP contribution in [0.15, 0.2) is 53.4 Å². The van der Waals surface area contributed by atoms with Crippen molar-refractivity contribution in [3.05, 3.63) is 65.2 Å². The number of nitrogens with zero attached hydrogens (tertiary/aromatic N) is 1. The molecule has 1 saturated heterocycles. The van der Waals surface area contributed by atoms with Gasteiger partial charge in [-0.3, -0.25) is 4.79 Å². The number of sulfonamides is 1. The van der Waals surface area contributed by atoms with Crippen LogP contribution < -0.4 is 5.32 Å². The van der Waals surface area contributed by atoms with Crippen LogP contribution in [0.3, 0.4) is 0 Å². The van der Waals surface area contributed by atoms with Crippen molar-refractivity contribution in [1.29, 1.82) is 0 Å². The molecule has 160 valence electrons. The maximum absolute atomic E-state index is 13.0. The van der Waals surface area contributed by atoms with Gasteiger partial charge in [-0.05, 0) is 30.2 Å². The first-order valence-electron chi connectivity index (χ1n) is 9.55. The van der Waals surface area contributed by atoms with Gasteiger partial charge in [0.2, 0.25) is 10.0 Å². The number of carboxylic acids is 1. The van der Waals surface area contributed by atoms with Crippen LogP contribution in [0.1, 0.15) is 21.5 Å². The minimum absolute atomic E-state index is 0.0342. The molecule has 1 fully saturated rings. The Morgan fingerprint density at radius 3 is 2.43 bits per heavy atom. The fourth-order valence-electron chi connectivity index (χ4n) is 3.24. The average Bonchev–Trinajstić information content (AvgIpc) is 2.74. The van der Waals surface area contributed by atoms with Gasteiger partial charge in [-0.1, -0.05) is 36.4 Å². The van der Waals surface area contributed by atoms with E-state index in [0.717, 1.165) is 5.56 Å². The van der Waals surface area contributed by atoms with E-state index in [4.69, 9.17) is 4.74 Å². The van der Waals surface area contributed by atoms with Crippen molar-refractivity contribution in [1.82, 2.24) is 9.62 Å². The molecule has 0 bridgehead atoms. The maximum Gasteiger partial charge on any atom is 0.326 e. The minimum Gasteiger partial charge on any atom is -0.480 e. The molecule has 2 aromatic carbocycles. The molecule has 2 aromatic rings. The van der Waals surface area contributed by atoms with E-state index in [-0.39, 0.29) is 30.0 Å². The second kappa shape index (κ2) is 9.38. The molecule has 1 heterocycles. The lowest BCUT2D eigenvalue weighted by molar-refractivity contribution is -0.139. The van der Waals surface area contributed by atoms with E-state index in [9.17, 15) is 23.1 Å². The molecule has 1 aliphatic rings. The zero-order valence-corrected chi connectivity index (χ0v) is 17.4. The van der Waals surface area contributed by atoms with Crippen molar-refractivity contribution in [2.24, 2.45) is 0 Å². The van der Waals surface area contributed by atoms with Gasteiger partial charge in [0, 0.05) is 25.1 Å². The number of carboxylic acid groups (broad SMARTS) is 1. The molecule has 1 aliphatic heterocycles. The monoisotopic (exact) mass is 432 g/mol. The number of aliphatic carboxylic acids is 1. The SMILES string of the molecule is Cc1ccc(C(=O)N[C@H](Cc2ccccc2)C(=O)O)cc1S(=O)(=O)N1CCOCC1. The molecule has 1 amide bonds. The maximum atomic E-state index is 13.0. The summed E-state index contributed by atoms with van der Waals surface area (Å²) in [5.74, 6) is -1.81. The lowest BCUT2D eigenvalue weighted by Gasteiger charge is -2.26. The number of benzene rings is 2. The highest BCUT2D eigenvalue weighted by Crippen LogP contribution is 2.22. The molecular formula is C21H24N2O6S. The number of amides is 1. The van der Waals surface area contributed by atoms with Gasteiger partial charge in [-0.2, -0.15) is 4.31 Å². The van der Waals surface area contributed by atoms with E-state index in [0.29, 0.717) is 18.8 Å². The van der Waals surface area contributed by atoms with Gasteiger partial charge in [0.1, 0.15) is 6.04 Å². The van der Waals surface area contributed by atoms with Crippen LogP contribution in [0.5, 0.6) is 0 Å². The summed E-state index contributed by atoms with van der Waals surface area (Å²) in [5, 5.41) is 12.0. The minimum atomic E-state index is -3.79. The highest BCUT2D eigenvalue weighted by Gasteiger charge is 2.29. The van der Waals surface area contributed by atoms with E-state index in [2.05, 4.69) is 5.32 Å². The molecule has 3 rings (SSSR count). The number of hydrogen-bond acceptors (Lipinski definition) is 5. The van der Waals surface area contributed by atoms with Crippen molar-refractivity contribution < 1.29 is 27.9 Å². The predicted octanol–water partition coefficient (Wildman–Crippen LogP) is 1.44. The number of nitrogens with one attached hydrogen (secondary N) is 1. The van der Waals surface area contributed by atoms with Gasteiger partial charge in [-0.25, -0.2) is 13.2 Å². The molecule has 0 spiro atoms. The number of carbonyl (C=O) groups is 2. The quantitative estimate of drug-likeness (QED) is 0.685. The van der Waals surface area contributed by atoms with Crippen molar-refractivity contribution >= 4 is 21.9 Å². The molecule has 9 heteroatoms. The molecule has 0 aromatic heterocycles. The standard InChI is InChI=1S/C21H24N2O6S/c1-15-7-8-17(14-19(15)30(27,28)23-9-11-29-12-10-23)20(24)22-18(21(25)26)13-16-5-3-2-4-6-16/h2-8,14,18H,9-13H2,1H3,(H,22,24)(H,25,26)/t18-/m1/s1. The van der Waals surface area contributed by atoms with E-state index in [1.807, 2.05) is 6.07 Å². The Morgan fingerprint density at radius 1 is 1.13 bits per heavy atom. The summed E-state index contributed by atoms with van der Waals surface area (Å²) in [6.07, 6.45) is 0.118. The molecule has 0 aliphatic carbocycles. The zero-order chi connectivity index (χ0) is 21.7. The normalized spacial score (nSPS) is 16.0. The summed E-state index contributed by atoms with van der Waals surface area (Å²) in [7, 11) is -3.79. The molecule has 8 nitrogen and oxygen atoms in total. The number of carbonyl (C=O) groups excluding carboxylic acids is 1. The second-order valence-electron chi connectivity index (χ2n) is 7.05. The molecule has 2 N–H and O–H groups in total. The Balaban J connectivity index is 1.82. The summed E-state index contributed by atoms with van der Waals surface area (Å²) in [6, 6.07) is 12.2. The summed E-state index contributed by atoms with van der Waals surface area (Å²) in [4.78, 5) is 24.4. The highest BCUT2D eigenvalue weighted by atomic mass is 32.2. The van der Waals surface area contributed by atoms with Crippen LogP contribution in [-0.2, 0) is 26.0 Å². The van der Waals surface area contributed by atoms with Crippen LogP contribution in [0.4, 0.5) is 0 Å². The van der Waals surface area contributed by atoms with Gasteiger partial charge < -0.3 is 15.2 Å². The summed E-state index contributed by atoms with van der Waals surface area (Å²) in [5.41, 5.74) is 1.37. The van der Waals surface area contributed by atoms with E-state index < -0.39 is 27.9 Å². The van der Waals surface area contributed by atoms with Gasteiger partial charge >= 0.3 is 5.97 Å². The third-order valence-corrected chi connectivity index (χ3v) is 6.96. The van der Waals surface area contributed by atoms with Gasteiger partial charge in [0.15, 0.2) is 0 Å². The number of hydrogen-bond donors (Lipinski definition) is 2. The van der Waals surface area contributed by atoms with Crippen LogP contribution in [0.25, 0.3) is 0 Å². The number of morpholine rings is 1. The van der Waals surface area contributed by atoms with Crippen LogP contribution in [-0.4, -0.2) is 62.1 Å². The fraction of sp³-hybridized carbons (Fsp3) is 0.333. The fourth-order valence-corrected chi connectivity index (χ4v) is 4.90. The first kappa shape index (κ1) is 21.9. The predicted molar refractivity (Wildman–Crippen MR) is 110 cm³/mol. The Labute approximate surface area is 175 Å². The Morgan fingerprint density at radius 2 is 1.80 bits per heavy atom. The third kappa shape index (κ3) is 5.05. The van der Waals surface area contributed by atoms with Crippen LogP contribution >= 0.6 is 0 Å². The molecule has 30 heavy (non-hydrogen) atoms. The third-order valence-electron chi connectivity index (χ3n) is 4.92. The summed E-state index contributed by atoms with van der Waals surface area (Å²) >= 11 is 0. The van der Waals surface area contributed by atoms with Crippen molar-refractivity contribution in [2.75, 3.05) is 26.3 Å². The number of ether oxygens (including phenoxy) is 1. The van der Waals surface area contributed by atoms with E-state index in [1.54, 1.807) is 37.3 Å².